The first-order valence-electron chi connectivity index (χ1n) is 7.45. The normalized spacial score (nSPS) is 16.9. The van der Waals surface area contributed by atoms with Crippen LogP contribution in [0.4, 0.5) is 11.9 Å². The third kappa shape index (κ3) is 3.12. The summed E-state index contributed by atoms with van der Waals surface area (Å²) in [7, 11) is 0. The first-order valence-corrected chi connectivity index (χ1v) is 7.45. The number of hydrogen-bond acceptors (Lipinski definition) is 6. The SMILES string of the molecule is CCNc1nc(NC2(C)CCCC2)nc(-n2ccnc2)n1. The van der Waals surface area contributed by atoms with Crippen LogP contribution in [0.2, 0.25) is 0 Å². The Balaban J connectivity index is 1.91. The van der Waals surface area contributed by atoms with Crippen LogP contribution >= 0.6 is 0 Å². The zero-order valence-corrected chi connectivity index (χ0v) is 12.5. The highest BCUT2D eigenvalue weighted by Crippen LogP contribution is 2.31. The van der Waals surface area contributed by atoms with Crippen molar-refractivity contribution in [2.75, 3.05) is 17.2 Å². The lowest BCUT2D eigenvalue weighted by Crippen LogP contribution is -2.32. The van der Waals surface area contributed by atoms with E-state index in [2.05, 4.69) is 37.5 Å². The first kappa shape index (κ1) is 13.8. The van der Waals surface area contributed by atoms with Crippen molar-refractivity contribution >= 4 is 11.9 Å². The summed E-state index contributed by atoms with van der Waals surface area (Å²) < 4.78 is 1.78. The molecule has 1 aliphatic rings. The van der Waals surface area contributed by atoms with Crippen molar-refractivity contribution in [1.29, 1.82) is 0 Å². The molecule has 21 heavy (non-hydrogen) atoms. The van der Waals surface area contributed by atoms with Crippen LogP contribution in [0.1, 0.15) is 39.5 Å². The maximum atomic E-state index is 4.52. The number of nitrogens with one attached hydrogen (secondary N) is 2. The van der Waals surface area contributed by atoms with E-state index in [9.17, 15) is 0 Å². The van der Waals surface area contributed by atoms with Crippen molar-refractivity contribution in [2.45, 2.75) is 45.1 Å². The minimum Gasteiger partial charge on any atom is -0.354 e. The summed E-state index contributed by atoms with van der Waals surface area (Å²) in [5.74, 6) is 1.77. The van der Waals surface area contributed by atoms with E-state index in [1.54, 1.807) is 17.1 Å². The molecular weight excluding hydrogens is 266 g/mol. The Labute approximate surface area is 124 Å². The van der Waals surface area contributed by atoms with E-state index in [1.807, 2.05) is 13.1 Å². The van der Waals surface area contributed by atoms with Gasteiger partial charge in [-0.2, -0.15) is 15.0 Å². The van der Waals surface area contributed by atoms with Gasteiger partial charge in [-0.1, -0.05) is 12.8 Å². The second-order valence-corrected chi connectivity index (χ2v) is 5.68. The van der Waals surface area contributed by atoms with Crippen molar-refractivity contribution in [2.24, 2.45) is 0 Å². The highest BCUT2D eigenvalue weighted by molar-refractivity contribution is 5.40. The molecule has 3 rings (SSSR count). The average Bonchev–Trinajstić information content (AvgIpc) is 3.10. The van der Waals surface area contributed by atoms with Gasteiger partial charge in [0, 0.05) is 24.5 Å². The summed E-state index contributed by atoms with van der Waals surface area (Å²) in [5.41, 5.74) is 0.0804. The minimum atomic E-state index is 0.0804. The Kier molecular flexibility index (Phi) is 3.72. The Morgan fingerprint density at radius 3 is 2.62 bits per heavy atom. The summed E-state index contributed by atoms with van der Waals surface area (Å²) in [6, 6.07) is 0. The van der Waals surface area contributed by atoms with E-state index in [4.69, 9.17) is 0 Å². The highest BCUT2D eigenvalue weighted by atomic mass is 15.3. The Bertz CT molecular complexity index is 587. The summed E-state index contributed by atoms with van der Waals surface area (Å²) in [5, 5.41) is 6.63. The Morgan fingerprint density at radius 1 is 1.19 bits per heavy atom. The maximum Gasteiger partial charge on any atom is 0.241 e. The van der Waals surface area contributed by atoms with Crippen LogP contribution in [0.25, 0.3) is 5.95 Å². The fourth-order valence-corrected chi connectivity index (χ4v) is 2.70. The second-order valence-electron chi connectivity index (χ2n) is 5.68. The predicted octanol–water partition coefficient (Wildman–Crippen LogP) is 2.23. The molecule has 112 valence electrons. The van der Waals surface area contributed by atoms with Crippen LogP contribution in [0, 0.1) is 0 Å². The van der Waals surface area contributed by atoms with Gasteiger partial charge in [-0.25, -0.2) is 4.98 Å². The molecule has 1 saturated carbocycles. The van der Waals surface area contributed by atoms with Crippen LogP contribution in [-0.4, -0.2) is 36.6 Å². The molecule has 1 fully saturated rings. The van der Waals surface area contributed by atoms with Crippen LogP contribution in [-0.2, 0) is 0 Å². The lowest BCUT2D eigenvalue weighted by molar-refractivity contribution is 0.527. The van der Waals surface area contributed by atoms with Gasteiger partial charge in [0.2, 0.25) is 17.8 Å². The predicted molar refractivity (Wildman–Crippen MR) is 81.6 cm³/mol. The highest BCUT2D eigenvalue weighted by Gasteiger charge is 2.29. The number of hydrogen-bond donors (Lipinski definition) is 2. The lowest BCUT2D eigenvalue weighted by atomic mass is 10.0. The third-order valence-electron chi connectivity index (χ3n) is 3.81. The Hall–Kier alpha value is -2.18. The van der Waals surface area contributed by atoms with Gasteiger partial charge in [0.15, 0.2) is 0 Å². The van der Waals surface area contributed by atoms with E-state index >= 15 is 0 Å². The average molecular weight is 287 g/mol. The van der Waals surface area contributed by atoms with Crippen LogP contribution in [0.15, 0.2) is 18.7 Å². The third-order valence-corrected chi connectivity index (χ3v) is 3.81. The van der Waals surface area contributed by atoms with Gasteiger partial charge >= 0.3 is 0 Å². The summed E-state index contributed by atoms with van der Waals surface area (Å²) in [6.07, 6.45) is 10.0. The molecule has 1 aliphatic carbocycles. The molecule has 0 aliphatic heterocycles. The number of anilines is 2. The van der Waals surface area contributed by atoms with Gasteiger partial charge in [0.25, 0.3) is 0 Å². The second kappa shape index (κ2) is 5.67. The summed E-state index contributed by atoms with van der Waals surface area (Å²) in [6.45, 7) is 5.02. The molecule has 2 heterocycles. The fraction of sp³-hybridized carbons (Fsp3) is 0.571. The van der Waals surface area contributed by atoms with Gasteiger partial charge in [-0.05, 0) is 26.7 Å². The molecule has 2 aromatic rings. The molecule has 0 spiro atoms. The lowest BCUT2D eigenvalue weighted by Gasteiger charge is -2.25. The van der Waals surface area contributed by atoms with Crippen molar-refractivity contribution in [3.05, 3.63) is 18.7 Å². The van der Waals surface area contributed by atoms with Crippen molar-refractivity contribution in [1.82, 2.24) is 24.5 Å². The Morgan fingerprint density at radius 2 is 1.95 bits per heavy atom. The summed E-state index contributed by atoms with van der Waals surface area (Å²) in [4.78, 5) is 17.4. The summed E-state index contributed by atoms with van der Waals surface area (Å²) >= 11 is 0. The largest absolute Gasteiger partial charge is 0.354 e. The van der Waals surface area contributed by atoms with Crippen molar-refractivity contribution < 1.29 is 0 Å². The first-order chi connectivity index (χ1) is 10.2. The van der Waals surface area contributed by atoms with Gasteiger partial charge in [0.1, 0.15) is 6.33 Å². The molecule has 0 bridgehead atoms. The van der Waals surface area contributed by atoms with Crippen molar-refractivity contribution in [3.8, 4) is 5.95 Å². The molecule has 2 aromatic heterocycles. The molecule has 0 amide bonds. The van der Waals surface area contributed by atoms with Crippen LogP contribution < -0.4 is 10.6 Å². The van der Waals surface area contributed by atoms with E-state index in [1.165, 1.54) is 12.8 Å². The smallest absolute Gasteiger partial charge is 0.241 e. The van der Waals surface area contributed by atoms with Crippen molar-refractivity contribution in [3.63, 3.8) is 0 Å². The van der Waals surface area contributed by atoms with Gasteiger partial charge < -0.3 is 10.6 Å². The van der Waals surface area contributed by atoms with E-state index in [0.29, 0.717) is 17.8 Å². The molecule has 0 aromatic carbocycles. The number of imidazole rings is 1. The molecule has 7 nitrogen and oxygen atoms in total. The fourth-order valence-electron chi connectivity index (χ4n) is 2.70. The molecule has 0 saturated heterocycles. The molecule has 0 unspecified atom stereocenters. The number of rotatable bonds is 5. The van der Waals surface area contributed by atoms with E-state index < -0.39 is 0 Å². The number of nitrogens with zero attached hydrogens (tertiary/aromatic N) is 5. The minimum absolute atomic E-state index is 0.0804. The maximum absolute atomic E-state index is 4.52. The monoisotopic (exact) mass is 287 g/mol. The molecule has 0 radical (unpaired) electrons. The van der Waals surface area contributed by atoms with Crippen LogP contribution in [0.3, 0.4) is 0 Å². The zero-order chi connectivity index (χ0) is 14.7. The quantitative estimate of drug-likeness (QED) is 0.877. The van der Waals surface area contributed by atoms with Gasteiger partial charge in [-0.3, -0.25) is 4.57 Å². The molecular formula is C14H21N7. The molecule has 2 N–H and O–H groups in total. The number of aromatic nitrogens is 5. The van der Waals surface area contributed by atoms with E-state index in [0.717, 1.165) is 19.4 Å². The molecule has 0 atom stereocenters. The topological polar surface area (TPSA) is 80.5 Å². The van der Waals surface area contributed by atoms with Crippen LogP contribution in [0.5, 0.6) is 0 Å². The van der Waals surface area contributed by atoms with Gasteiger partial charge in [0.05, 0.1) is 0 Å². The standard InChI is InChI=1S/C14H21N7/c1-3-16-11-17-12(20-14(2)6-4-5-7-14)19-13(18-11)21-9-8-15-10-21/h8-10H,3-7H2,1-2H3,(H2,16,17,18,19,20). The molecule has 7 heteroatoms. The van der Waals surface area contributed by atoms with E-state index in [-0.39, 0.29) is 5.54 Å². The van der Waals surface area contributed by atoms with Gasteiger partial charge in [-0.15, -0.1) is 0 Å². The zero-order valence-electron chi connectivity index (χ0n) is 12.5.